The number of nitrogens with one attached hydrogen (secondary N) is 1. The van der Waals surface area contributed by atoms with Crippen LogP contribution in [0.3, 0.4) is 0 Å². The summed E-state index contributed by atoms with van der Waals surface area (Å²) in [6, 6.07) is 15.1. The third-order valence-corrected chi connectivity index (χ3v) is 3.71. The van der Waals surface area contributed by atoms with E-state index in [1.807, 2.05) is 73.1 Å². The normalized spacial score (nSPS) is 10.5. The Hall–Kier alpha value is -3.15. The molecule has 122 valence electrons. The molecule has 0 unspecified atom stereocenters. The van der Waals surface area contributed by atoms with Gasteiger partial charge in [-0.05, 0) is 30.3 Å². The zero-order valence-corrected chi connectivity index (χ0v) is 13.9. The number of amides is 1. The van der Waals surface area contributed by atoms with Gasteiger partial charge in [0, 0.05) is 43.6 Å². The Labute approximate surface area is 140 Å². The third kappa shape index (κ3) is 3.27. The average Bonchev–Trinajstić information content (AvgIpc) is 3.01. The monoisotopic (exact) mass is 321 g/mol. The molecule has 0 atom stereocenters. The number of carbonyl (C=O) groups is 1. The summed E-state index contributed by atoms with van der Waals surface area (Å²) in [5.41, 5.74) is 3.21. The van der Waals surface area contributed by atoms with Crippen molar-refractivity contribution in [3.05, 3.63) is 60.4 Å². The second kappa shape index (κ2) is 6.54. The molecule has 6 nitrogen and oxygen atoms in total. The van der Waals surface area contributed by atoms with E-state index in [-0.39, 0.29) is 5.91 Å². The van der Waals surface area contributed by atoms with Crippen molar-refractivity contribution < 1.29 is 4.79 Å². The van der Waals surface area contributed by atoms with Crippen LogP contribution in [0.5, 0.6) is 0 Å². The van der Waals surface area contributed by atoms with Crippen molar-refractivity contribution in [1.29, 1.82) is 0 Å². The molecule has 1 N–H and O–H groups in total. The highest BCUT2D eigenvalue weighted by Gasteiger charge is 2.10. The number of aryl methyl sites for hydroxylation is 1. The number of carbonyl (C=O) groups excluding carboxylic acids is 1. The largest absolute Gasteiger partial charge is 0.378 e. The first kappa shape index (κ1) is 15.7. The number of hydrogen-bond donors (Lipinski definition) is 1. The van der Waals surface area contributed by atoms with Crippen molar-refractivity contribution in [1.82, 2.24) is 14.8 Å². The summed E-state index contributed by atoms with van der Waals surface area (Å²) >= 11 is 0. The molecule has 0 aliphatic rings. The second-order valence-corrected chi connectivity index (χ2v) is 5.75. The molecule has 1 aromatic heterocycles. The maximum absolute atomic E-state index is 12.5. The zero-order valence-electron chi connectivity index (χ0n) is 13.9. The Morgan fingerprint density at radius 3 is 2.62 bits per heavy atom. The molecular formula is C18H19N5O. The standard InChI is InChI=1S/C18H19N5O/c1-22(2)16-9-5-7-14(11-16)18(24)20-15-8-4-6-13(10-15)17-21-19-12-23(17)3/h4-12H,1-3H3,(H,20,24). The van der Waals surface area contributed by atoms with Crippen LogP contribution >= 0.6 is 0 Å². The fraction of sp³-hybridized carbons (Fsp3) is 0.167. The fourth-order valence-corrected chi connectivity index (χ4v) is 2.41. The molecule has 0 radical (unpaired) electrons. The van der Waals surface area contributed by atoms with Gasteiger partial charge in [-0.3, -0.25) is 4.79 Å². The number of aromatic nitrogens is 3. The Balaban J connectivity index is 1.82. The van der Waals surface area contributed by atoms with E-state index in [0.29, 0.717) is 5.56 Å². The predicted octanol–water partition coefficient (Wildman–Crippen LogP) is 2.80. The van der Waals surface area contributed by atoms with Crippen molar-refractivity contribution in [3.63, 3.8) is 0 Å². The maximum Gasteiger partial charge on any atom is 0.255 e. The summed E-state index contributed by atoms with van der Waals surface area (Å²) in [6.45, 7) is 0. The SMILES string of the molecule is CN(C)c1cccc(C(=O)Nc2cccc(-c3nncn3C)c2)c1. The quantitative estimate of drug-likeness (QED) is 0.802. The van der Waals surface area contributed by atoms with Gasteiger partial charge in [0.2, 0.25) is 0 Å². The average molecular weight is 321 g/mol. The lowest BCUT2D eigenvalue weighted by atomic mass is 10.1. The lowest BCUT2D eigenvalue weighted by molar-refractivity contribution is 0.102. The van der Waals surface area contributed by atoms with Gasteiger partial charge < -0.3 is 14.8 Å². The number of benzene rings is 2. The van der Waals surface area contributed by atoms with Gasteiger partial charge in [-0.25, -0.2) is 0 Å². The van der Waals surface area contributed by atoms with Crippen molar-refractivity contribution in [2.24, 2.45) is 7.05 Å². The van der Waals surface area contributed by atoms with Gasteiger partial charge in [-0.15, -0.1) is 10.2 Å². The molecule has 2 aromatic carbocycles. The first-order valence-electron chi connectivity index (χ1n) is 7.58. The van der Waals surface area contributed by atoms with Crippen LogP contribution < -0.4 is 10.2 Å². The van der Waals surface area contributed by atoms with Gasteiger partial charge in [-0.2, -0.15) is 0 Å². The van der Waals surface area contributed by atoms with Crippen LogP contribution in [0.25, 0.3) is 11.4 Å². The van der Waals surface area contributed by atoms with Crippen LogP contribution in [-0.2, 0) is 7.05 Å². The molecule has 1 heterocycles. The van der Waals surface area contributed by atoms with Gasteiger partial charge in [0.05, 0.1) is 0 Å². The lowest BCUT2D eigenvalue weighted by Crippen LogP contribution is -2.14. The highest BCUT2D eigenvalue weighted by atomic mass is 16.1. The second-order valence-electron chi connectivity index (χ2n) is 5.75. The van der Waals surface area contributed by atoms with Gasteiger partial charge >= 0.3 is 0 Å². The van der Waals surface area contributed by atoms with Gasteiger partial charge in [0.15, 0.2) is 5.82 Å². The van der Waals surface area contributed by atoms with E-state index in [1.165, 1.54) is 0 Å². The van der Waals surface area contributed by atoms with E-state index in [9.17, 15) is 4.79 Å². The van der Waals surface area contributed by atoms with E-state index < -0.39 is 0 Å². The molecule has 0 aliphatic heterocycles. The van der Waals surface area contributed by atoms with Gasteiger partial charge in [-0.1, -0.05) is 18.2 Å². The van der Waals surface area contributed by atoms with Crippen molar-refractivity contribution in [2.75, 3.05) is 24.3 Å². The summed E-state index contributed by atoms with van der Waals surface area (Å²) in [4.78, 5) is 14.5. The molecule has 6 heteroatoms. The van der Waals surface area contributed by atoms with Gasteiger partial charge in [0.1, 0.15) is 6.33 Å². The Kier molecular flexibility index (Phi) is 4.29. The van der Waals surface area contributed by atoms with E-state index in [1.54, 1.807) is 12.4 Å². The molecule has 1 amide bonds. The molecular weight excluding hydrogens is 302 g/mol. The van der Waals surface area contributed by atoms with Crippen LogP contribution in [0.1, 0.15) is 10.4 Å². The highest BCUT2D eigenvalue weighted by Crippen LogP contribution is 2.21. The summed E-state index contributed by atoms with van der Waals surface area (Å²) in [5.74, 6) is 0.606. The molecule has 0 aliphatic carbocycles. The highest BCUT2D eigenvalue weighted by molar-refractivity contribution is 6.05. The molecule has 3 aromatic rings. The molecule has 0 saturated heterocycles. The van der Waals surface area contributed by atoms with Crippen LogP contribution in [0, 0.1) is 0 Å². The zero-order chi connectivity index (χ0) is 17.1. The van der Waals surface area contributed by atoms with E-state index >= 15 is 0 Å². The van der Waals surface area contributed by atoms with Crippen molar-refractivity contribution in [2.45, 2.75) is 0 Å². The minimum absolute atomic E-state index is 0.145. The minimum Gasteiger partial charge on any atom is -0.378 e. The molecule has 24 heavy (non-hydrogen) atoms. The number of rotatable bonds is 4. The van der Waals surface area contributed by atoms with E-state index in [2.05, 4.69) is 15.5 Å². The topological polar surface area (TPSA) is 63.1 Å². The van der Waals surface area contributed by atoms with E-state index in [0.717, 1.165) is 22.8 Å². The van der Waals surface area contributed by atoms with Crippen LogP contribution in [-0.4, -0.2) is 34.8 Å². The third-order valence-electron chi connectivity index (χ3n) is 3.71. The fourth-order valence-electron chi connectivity index (χ4n) is 2.41. The van der Waals surface area contributed by atoms with E-state index in [4.69, 9.17) is 0 Å². The predicted molar refractivity (Wildman–Crippen MR) is 95.2 cm³/mol. The Bertz CT molecular complexity index is 869. The molecule has 3 rings (SSSR count). The van der Waals surface area contributed by atoms with Crippen LogP contribution in [0.4, 0.5) is 11.4 Å². The van der Waals surface area contributed by atoms with Crippen molar-refractivity contribution >= 4 is 17.3 Å². The van der Waals surface area contributed by atoms with Crippen LogP contribution in [0.2, 0.25) is 0 Å². The first-order valence-corrected chi connectivity index (χ1v) is 7.58. The number of anilines is 2. The summed E-state index contributed by atoms with van der Waals surface area (Å²) in [6.07, 6.45) is 1.65. The first-order chi connectivity index (χ1) is 11.5. The molecule has 0 bridgehead atoms. The smallest absolute Gasteiger partial charge is 0.255 e. The van der Waals surface area contributed by atoms with Gasteiger partial charge in [0.25, 0.3) is 5.91 Å². The Morgan fingerprint density at radius 1 is 1.12 bits per heavy atom. The summed E-state index contributed by atoms with van der Waals surface area (Å²) in [7, 11) is 5.77. The number of hydrogen-bond acceptors (Lipinski definition) is 4. The minimum atomic E-state index is -0.145. The van der Waals surface area contributed by atoms with Crippen LogP contribution in [0.15, 0.2) is 54.9 Å². The summed E-state index contributed by atoms with van der Waals surface area (Å²) in [5, 5.41) is 10.9. The maximum atomic E-state index is 12.5. The Morgan fingerprint density at radius 2 is 1.92 bits per heavy atom. The molecule has 0 saturated carbocycles. The lowest BCUT2D eigenvalue weighted by Gasteiger charge is -2.13. The molecule has 0 fully saturated rings. The summed E-state index contributed by atoms with van der Waals surface area (Å²) < 4.78 is 1.83. The molecule has 0 spiro atoms. The number of nitrogens with zero attached hydrogens (tertiary/aromatic N) is 4. The van der Waals surface area contributed by atoms with Crippen molar-refractivity contribution in [3.8, 4) is 11.4 Å².